The summed E-state index contributed by atoms with van der Waals surface area (Å²) in [6.07, 6.45) is 1.78. The molecule has 0 fully saturated rings. The van der Waals surface area contributed by atoms with E-state index in [9.17, 15) is 14.3 Å². The molecule has 0 aliphatic carbocycles. The number of amides is 1. The molecule has 2 aromatic rings. The number of aliphatic hydroxyl groups excluding tert-OH is 1. The number of hydrogen-bond donors (Lipinski definition) is 1. The number of rotatable bonds is 12. The molecule has 1 N–H and O–H groups in total. The van der Waals surface area contributed by atoms with Crippen LogP contribution in [0.25, 0.3) is 0 Å². The molecular formula is C24H33FN2O4S. The number of halogens is 1. The van der Waals surface area contributed by atoms with Crippen LogP contribution in [0.5, 0.6) is 5.75 Å². The van der Waals surface area contributed by atoms with Crippen LogP contribution in [0.2, 0.25) is 0 Å². The van der Waals surface area contributed by atoms with E-state index in [-0.39, 0.29) is 30.9 Å². The minimum Gasteiger partial charge on any atom is -0.491 e. The number of thiophene rings is 1. The van der Waals surface area contributed by atoms with Crippen molar-refractivity contribution in [1.82, 2.24) is 9.80 Å². The molecule has 0 spiro atoms. The second-order valence-corrected chi connectivity index (χ2v) is 9.06. The van der Waals surface area contributed by atoms with E-state index in [4.69, 9.17) is 9.47 Å². The Labute approximate surface area is 193 Å². The van der Waals surface area contributed by atoms with Gasteiger partial charge in [-0.1, -0.05) is 13.0 Å². The van der Waals surface area contributed by atoms with Gasteiger partial charge in [0.25, 0.3) is 0 Å². The fourth-order valence-electron chi connectivity index (χ4n) is 3.98. The average Bonchev–Trinajstić information content (AvgIpc) is 3.26. The van der Waals surface area contributed by atoms with Crippen LogP contribution in [-0.2, 0) is 16.0 Å². The van der Waals surface area contributed by atoms with Crippen LogP contribution >= 0.6 is 11.3 Å². The van der Waals surface area contributed by atoms with Gasteiger partial charge in [-0.25, -0.2) is 4.39 Å². The molecule has 2 atom stereocenters. The van der Waals surface area contributed by atoms with E-state index < -0.39 is 6.10 Å². The maximum atomic E-state index is 13.6. The third-order valence-electron chi connectivity index (χ3n) is 5.74. The maximum absolute atomic E-state index is 13.6. The summed E-state index contributed by atoms with van der Waals surface area (Å²) in [5, 5.41) is 12.2. The summed E-state index contributed by atoms with van der Waals surface area (Å²) in [6.45, 7) is 4.79. The summed E-state index contributed by atoms with van der Waals surface area (Å²) >= 11 is 1.69. The van der Waals surface area contributed by atoms with Gasteiger partial charge in [0.1, 0.15) is 18.2 Å². The summed E-state index contributed by atoms with van der Waals surface area (Å²) in [6, 6.07) is 7.89. The number of nitrogens with zero attached hydrogens (tertiary/aromatic N) is 2. The normalized spacial score (nSPS) is 16.8. The highest BCUT2D eigenvalue weighted by atomic mass is 32.1. The Hall–Kier alpha value is -2.00. The quantitative estimate of drug-likeness (QED) is 0.487. The largest absolute Gasteiger partial charge is 0.491 e. The van der Waals surface area contributed by atoms with E-state index in [1.54, 1.807) is 30.6 Å². The predicted octanol–water partition coefficient (Wildman–Crippen LogP) is 3.50. The summed E-state index contributed by atoms with van der Waals surface area (Å²) in [7, 11) is 1.66. The fraction of sp³-hybridized carbons (Fsp3) is 0.542. The van der Waals surface area contributed by atoms with Crippen LogP contribution in [0.4, 0.5) is 4.39 Å². The Balaban J connectivity index is 1.71. The molecule has 176 valence electrons. The predicted molar refractivity (Wildman–Crippen MR) is 124 cm³/mol. The zero-order chi connectivity index (χ0) is 22.9. The number of carbonyl (C=O) groups is 1. The van der Waals surface area contributed by atoms with Crippen LogP contribution in [-0.4, -0.2) is 73.4 Å². The minimum atomic E-state index is -0.470. The van der Waals surface area contributed by atoms with Gasteiger partial charge >= 0.3 is 0 Å². The van der Waals surface area contributed by atoms with Gasteiger partial charge in [-0.3, -0.25) is 9.69 Å². The van der Waals surface area contributed by atoms with Gasteiger partial charge in [0.15, 0.2) is 0 Å². The van der Waals surface area contributed by atoms with Crippen LogP contribution < -0.4 is 4.74 Å². The van der Waals surface area contributed by atoms with E-state index in [2.05, 4.69) is 6.07 Å². The molecule has 1 aliphatic rings. The van der Waals surface area contributed by atoms with Crippen LogP contribution in [0.3, 0.4) is 0 Å². The van der Waals surface area contributed by atoms with E-state index in [0.717, 1.165) is 18.4 Å². The number of fused-ring (bicyclic) bond motifs is 1. The number of ether oxygens (including phenoxy) is 2. The maximum Gasteiger partial charge on any atom is 0.237 e. The molecule has 1 aliphatic heterocycles. The molecule has 2 heterocycles. The molecule has 0 saturated carbocycles. The Morgan fingerprint density at radius 1 is 1.41 bits per heavy atom. The van der Waals surface area contributed by atoms with Crippen molar-refractivity contribution in [1.29, 1.82) is 0 Å². The van der Waals surface area contributed by atoms with Crippen molar-refractivity contribution in [3.05, 3.63) is 52.0 Å². The Morgan fingerprint density at radius 3 is 3.00 bits per heavy atom. The smallest absolute Gasteiger partial charge is 0.237 e. The number of carbonyl (C=O) groups excluding carboxylic acids is 1. The van der Waals surface area contributed by atoms with Crippen molar-refractivity contribution in [2.45, 2.75) is 38.3 Å². The van der Waals surface area contributed by atoms with Crippen LogP contribution in [0.15, 0.2) is 35.7 Å². The lowest BCUT2D eigenvalue weighted by Gasteiger charge is -2.37. The molecule has 1 aromatic heterocycles. The third-order valence-corrected chi connectivity index (χ3v) is 6.74. The molecule has 1 amide bonds. The minimum absolute atomic E-state index is 0.00964. The zero-order valence-corrected chi connectivity index (χ0v) is 19.7. The standard InChI is InChI=1S/C24H33FN2O4S/c1-3-19(28)15-26(10-5-12-30-2)16-24(29)27-11-8-23-21(9-13-32-23)22(27)17-31-20-7-4-6-18(25)14-20/h4,6-7,9,13-14,19,22,28H,3,5,8,10-12,15-17H2,1-2H3/t19-,22-/m0/s1. The summed E-state index contributed by atoms with van der Waals surface area (Å²) in [4.78, 5) is 18.5. The fourth-order valence-corrected chi connectivity index (χ4v) is 4.91. The second-order valence-electron chi connectivity index (χ2n) is 8.06. The summed E-state index contributed by atoms with van der Waals surface area (Å²) in [5.74, 6) is 0.110. The van der Waals surface area contributed by atoms with Crippen molar-refractivity contribution in [2.24, 2.45) is 0 Å². The van der Waals surface area contributed by atoms with Crippen LogP contribution in [0, 0.1) is 5.82 Å². The molecule has 8 heteroatoms. The highest BCUT2D eigenvalue weighted by molar-refractivity contribution is 7.10. The zero-order valence-electron chi connectivity index (χ0n) is 18.8. The lowest BCUT2D eigenvalue weighted by atomic mass is 10.0. The summed E-state index contributed by atoms with van der Waals surface area (Å²) < 4.78 is 24.6. The first-order valence-corrected chi connectivity index (χ1v) is 12.0. The van der Waals surface area contributed by atoms with Gasteiger partial charge in [-0.2, -0.15) is 0 Å². The van der Waals surface area contributed by atoms with Gasteiger partial charge in [0.2, 0.25) is 5.91 Å². The topological polar surface area (TPSA) is 62.2 Å². The molecule has 0 bridgehead atoms. The van der Waals surface area contributed by atoms with Crippen molar-refractivity contribution in [2.75, 3.05) is 46.5 Å². The van der Waals surface area contributed by atoms with Crippen molar-refractivity contribution in [3.63, 3.8) is 0 Å². The van der Waals surface area contributed by atoms with Gasteiger partial charge in [0.05, 0.1) is 18.7 Å². The number of benzene rings is 1. The molecule has 6 nitrogen and oxygen atoms in total. The van der Waals surface area contributed by atoms with Crippen LogP contribution in [0.1, 0.15) is 36.2 Å². The SMILES string of the molecule is CC[C@H](O)CN(CCCOC)CC(=O)N1CCc2sccc2[C@@H]1COc1cccc(F)c1. The van der Waals surface area contributed by atoms with Gasteiger partial charge in [-0.15, -0.1) is 11.3 Å². The van der Waals surface area contributed by atoms with Crippen molar-refractivity contribution >= 4 is 17.2 Å². The first kappa shape index (κ1) is 24.6. The molecular weight excluding hydrogens is 431 g/mol. The Morgan fingerprint density at radius 2 is 2.25 bits per heavy atom. The highest BCUT2D eigenvalue weighted by Crippen LogP contribution is 2.34. The number of aliphatic hydroxyl groups is 1. The van der Waals surface area contributed by atoms with E-state index in [1.165, 1.54) is 17.0 Å². The molecule has 0 radical (unpaired) electrons. The monoisotopic (exact) mass is 464 g/mol. The van der Waals surface area contributed by atoms with Gasteiger partial charge in [0, 0.05) is 44.3 Å². The van der Waals surface area contributed by atoms with Gasteiger partial charge in [-0.05, 0) is 48.4 Å². The first-order valence-electron chi connectivity index (χ1n) is 11.1. The average molecular weight is 465 g/mol. The Bertz CT molecular complexity index is 862. The van der Waals surface area contributed by atoms with Crippen molar-refractivity contribution in [3.8, 4) is 5.75 Å². The van der Waals surface area contributed by atoms with E-state index >= 15 is 0 Å². The Kier molecular flexibility index (Phi) is 9.47. The van der Waals surface area contributed by atoms with E-state index in [0.29, 0.717) is 38.4 Å². The lowest BCUT2D eigenvalue weighted by molar-refractivity contribution is -0.136. The molecule has 3 rings (SSSR count). The third kappa shape index (κ3) is 6.75. The lowest BCUT2D eigenvalue weighted by Crippen LogP contribution is -2.48. The molecule has 1 aromatic carbocycles. The number of methoxy groups -OCH3 is 1. The molecule has 0 unspecified atom stereocenters. The highest BCUT2D eigenvalue weighted by Gasteiger charge is 2.33. The number of hydrogen-bond acceptors (Lipinski definition) is 6. The van der Waals surface area contributed by atoms with E-state index in [1.807, 2.05) is 22.1 Å². The second kappa shape index (κ2) is 12.3. The van der Waals surface area contributed by atoms with Gasteiger partial charge < -0.3 is 19.5 Å². The first-order chi connectivity index (χ1) is 15.5. The molecule has 0 saturated heterocycles. The van der Waals surface area contributed by atoms with Crippen molar-refractivity contribution < 1.29 is 23.8 Å². The molecule has 32 heavy (non-hydrogen) atoms. The summed E-state index contributed by atoms with van der Waals surface area (Å²) in [5.41, 5.74) is 1.10.